The molecule has 1 aliphatic rings. The van der Waals surface area contributed by atoms with E-state index in [1.807, 2.05) is 30.3 Å². The summed E-state index contributed by atoms with van der Waals surface area (Å²) in [6, 6.07) is 14.2. The number of nitrogens with one attached hydrogen (secondary N) is 1. The summed E-state index contributed by atoms with van der Waals surface area (Å²) in [7, 11) is 0. The molecule has 0 saturated carbocycles. The summed E-state index contributed by atoms with van der Waals surface area (Å²) in [4.78, 5) is 40.5. The van der Waals surface area contributed by atoms with E-state index in [-0.39, 0.29) is 34.7 Å². The summed E-state index contributed by atoms with van der Waals surface area (Å²) in [5.41, 5.74) is 12.4. The average molecular weight is 510 g/mol. The molecule has 36 heavy (non-hydrogen) atoms. The maximum atomic E-state index is 13.9. The van der Waals surface area contributed by atoms with Crippen LogP contribution in [-0.2, 0) is 16.1 Å². The fourth-order valence-electron chi connectivity index (χ4n) is 4.07. The third-order valence-electron chi connectivity index (χ3n) is 5.91. The minimum Gasteiger partial charge on any atom is -0.508 e. The first kappa shape index (κ1) is 25.1. The molecule has 0 radical (unpaired) electrons. The third-order valence-corrected chi connectivity index (χ3v) is 6.76. The minimum absolute atomic E-state index is 0.00966. The molecule has 188 valence electrons. The Morgan fingerprint density at radius 3 is 2.50 bits per heavy atom. The van der Waals surface area contributed by atoms with Crippen molar-refractivity contribution in [2.45, 2.75) is 31.5 Å². The number of anilines is 1. The number of nitrogens with zero attached hydrogens (tertiary/aromatic N) is 2. The number of nitrogen functional groups attached to an aromatic ring is 1. The predicted octanol–water partition coefficient (Wildman–Crippen LogP) is 2.21. The van der Waals surface area contributed by atoms with Crippen molar-refractivity contribution in [3.8, 4) is 5.75 Å². The zero-order valence-corrected chi connectivity index (χ0v) is 20.2. The first-order valence-electron chi connectivity index (χ1n) is 11.4. The monoisotopic (exact) mass is 509 g/mol. The number of aromatic nitrogens is 1. The third kappa shape index (κ3) is 5.64. The van der Waals surface area contributed by atoms with Gasteiger partial charge in [-0.25, -0.2) is 0 Å². The van der Waals surface area contributed by atoms with Gasteiger partial charge >= 0.3 is 0 Å². The first-order chi connectivity index (χ1) is 17.3. The number of phenolic OH excluding ortho intramolecular Hbond substituents is 1. The van der Waals surface area contributed by atoms with Crippen LogP contribution in [0.15, 0.2) is 54.6 Å². The van der Waals surface area contributed by atoms with Crippen molar-refractivity contribution in [2.75, 3.05) is 18.9 Å². The van der Waals surface area contributed by atoms with Crippen molar-refractivity contribution >= 4 is 34.9 Å². The fourth-order valence-corrected chi connectivity index (χ4v) is 4.83. The van der Waals surface area contributed by atoms with Gasteiger partial charge in [-0.05, 0) is 47.6 Å². The Kier molecular flexibility index (Phi) is 7.81. The molecule has 1 fully saturated rings. The van der Waals surface area contributed by atoms with Gasteiger partial charge in [0.25, 0.3) is 11.8 Å². The molecule has 1 saturated heterocycles. The fraction of sp³-hybridized carbons (Fsp3) is 0.280. The van der Waals surface area contributed by atoms with Gasteiger partial charge in [-0.2, -0.15) is 4.37 Å². The Labute approximate surface area is 212 Å². The summed E-state index contributed by atoms with van der Waals surface area (Å²) in [6.07, 6.45) is 1.67. The van der Waals surface area contributed by atoms with Crippen LogP contribution in [0.5, 0.6) is 5.75 Å². The molecular formula is C25H27N5O5S. The highest BCUT2D eigenvalue weighted by molar-refractivity contribution is 7.09. The van der Waals surface area contributed by atoms with E-state index in [2.05, 4.69) is 9.69 Å². The molecule has 3 amide bonds. The standard InChI is InChI=1S/C25H27N5O5S/c26-19-20(23(27)32)29-36-22(19)25(34)30(14-15-5-2-1-3-6-15)21(16-8-10-17(31)11-9-16)24(33)28-13-18-7-4-12-35-18/h1-3,5-6,8-11,18,21,31H,4,7,12-14,26H2,(H2,27,32)(H,28,33). The minimum atomic E-state index is -1.07. The van der Waals surface area contributed by atoms with Crippen LogP contribution >= 0.6 is 11.5 Å². The molecule has 0 bridgehead atoms. The highest BCUT2D eigenvalue weighted by Gasteiger charge is 2.35. The van der Waals surface area contributed by atoms with Gasteiger partial charge < -0.3 is 31.5 Å². The molecule has 6 N–H and O–H groups in total. The average Bonchev–Trinajstić information content (AvgIpc) is 3.53. The maximum absolute atomic E-state index is 13.9. The molecule has 2 atom stereocenters. The van der Waals surface area contributed by atoms with Gasteiger partial charge in [0.1, 0.15) is 16.7 Å². The molecule has 1 aliphatic heterocycles. The highest BCUT2D eigenvalue weighted by Crippen LogP contribution is 2.31. The van der Waals surface area contributed by atoms with E-state index in [1.165, 1.54) is 17.0 Å². The number of amides is 3. The van der Waals surface area contributed by atoms with Gasteiger partial charge in [0, 0.05) is 19.7 Å². The summed E-state index contributed by atoms with van der Waals surface area (Å²) in [6.45, 7) is 1.02. The largest absolute Gasteiger partial charge is 0.508 e. The van der Waals surface area contributed by atoms with Crippen LogP contribution in [0.2, 0.25) is 0 Å². The SMILES string of the molecule is NC(=O)c1nsc(C(=O)N(Cc2ccccc2)C(C(=O)NCC2CCCO2)c2ccc(O)cc2)c1N. The Balaban J connectivity index is 1.74. The number of benzene rings is 2. The van der Waals surface area contributed by atoms with Crippen LogP contribution in [0.25, 0.3) is 0 Å². The van der Waals surface area contributed by atoms with Gasteiger partial charge in [0.05, 0.1) is 11.8 Å². The lowest BCUT2D eigenvalue weighted by Gasteiger charge is -2.31. The van der Waals surface area contributed by atoms with E-state index < -0.39 is 23.8 Å². The van der Waals surface area contributed by atoms with Crippen LogP contribution in [-0.4, -0.2) is 51.4 Å². The number of aromatic hydroxyl groups is 1. The smallest absolute Gasteiger partial charge is 0.270 e. The quantitative estimate of drug-likeness (QED) is 0.344. The number of hydrogen-bond acceptors (Lipinski definition) is 8. The van der Waals surface area contributed by atoms with E-state index >= 15 is 0 Å². The van der Waals surface area contributed by atoms with E-state index in [1.54, 1.807) is 12.1 Å². The lowest BCUT2D eigenvalue weighted by Crippen LogP contribution is -2.45. The van der Waals surface area contributed by atoms with Crippen molar-refractivity contribution in [2.24, 2.45) is 5.73 Å². The van der Waals surface area contributed by atoms with Crippen molar-refractivity contribution < 1.29 is 24.2 Å². The number of nitrogens with two attached hydrogens (primary N) is 2. The van der Waals surface area contributed by atoms with Crippen LogP contribution in [0.4, 0.5) is 5.69 Å². The summed E-state index contributed by atoms with van der Waals surface area (Å²) >= 11 is 0.753. The Bertz CT molecular complexity index is 1230. The number of rotatable bonds is 9. The van der Waals surface area contributed by atoms with Gasteiger partial charge in [-0.1, -0.05) is 42.5 Å². The molecule has 2 unspecified atom stereocenters. The number of phenols is 1. The van der Waals surface area contributed by atoms with E-state index in [4.69, 9.17) is 16.2 Å². The summed E-state index contributed by atoms with van der Waals surface area (Å²) < 4.78 is 9.57. The number of carbonyl (C=O) groups excluding carboxylic acids is 3. The molecular weight excluding hydrogens is 482 g/mol. The number of ether oxygens (including phenoxy) is 1. The van der Waals surface area contributed by atoms with Crippen molar-refractivity contribution in [3.05, 3.63) is 76.3 Å². The molecule has 4 rings (SSSR count). The Morgan fingerprint density at radius 1 is 1.17 bits per heavy atom. The second-order valence-corrected chi connectivity index (χ2v) is 9.20. The number of primary amides is 1. The van der Waals surface area contributed by atoms with Crippen LogP contribution in [0.1, 0.15) is 50.2 Å². The lowest BCUT2D eigenvalue weighted by molar-refractivity contribution is -0.126. The van der Waals surface area contributed by atoms with Crippen LogP contribution < -0.4 is 16.8 Å². The molecule has 10 nitrogen and oxygen atoms in total. The molecule has 0 spiro atoms. The molecule has 1 aromatic heterocycles. The van der Waals surface area contributed by atoms with E-state index in [0.717, 1.165) is 29.9 Å². The molecule has 2 aromatic carbocycles. The van der Waals surface area contributed by atoms with Crippen LogP contribution in [0.3, 0.4) is 0 Å². The molecule has 0 aliphatic carbocycles. The first-order valence-corrected chi connectivity index (χ1v) is 12.2. The van der Waals surface area contributed by atoms with Crippen molar-refractivity contribution in [1.82, 2.24) is 14.6 Å². The molecule has 2 heterocycles. The summed E-state index contributed by atoms with van der Waals surface area (Å²) in [5, 5.41) is 12.7. The number of carbonyl (C=O) groups is 3. The second kappa shape index (κ2) is 11.2. The van der Waals surface area contributed by atoms with Crippen molar-refractivity contribution in [1.29, 1.82) is 0 Å². The Morgan fingerprint density at radius 2 is 1.89 bits per heavy atom. The lowest BCUT2D eigenvalue weighted by atomic mass is 10.0. The van der Waals surface area contributed by atoms with Gasteiger partial charge in [0.15, 0.2) is 5.69 Å². The molecule has 11 heteroatoms. The van der Waals surface area contributed by atoms with Gasteiger partial charge in [-0.15, -0.1) is 0 Å². The van der Waals surface area contributed by atoms with Crippen LogP contribution in [0, 0.1) is 0 Å². The predicted molar refractivity (Wildman–Crippen MR) is 134 cm³/mol. The van der Waals surface area contributed by atoms with E-state index in [9.17, 15) is 19.5 Å². The topological polar surface area (TPSA) is 161 Å². The number of hydrogen-bond donors (Lipinski definition) is 4. The highest BCUT2D eigenvalue weighted by atomic mass is 32.1. The maximum Gasteiger partial charge on any atom is 0.270 e. The zero-order valence-electron chi connectivity index (χ0n) is 19.4. The summed E-state index contributed by atoms with van der Waals surface area (Å²) in [5.74, 6) is -1.82. The molecule has 3 aromatic rings. The van der Waals surface area contributed by atoms with Crippen molar-refractivity contribution in [3.63, 3.8) is 0 Å². The second-order valence-electron chi connectivity index (χ2n) is 8.43. The van der Waals surface area contributed by atoms with E-state index in [0.29, 0.717) is 18.7 Å². The zero-order chi connectivity index (χ0) is 25.7. The van der Waals surface area contributed by atoms with Gasteiger partial charge in [0.2, 0.25) is 5.91 Å². The normalized spacial score (nSPS) is 15.8. The Hall–Kier alpha value is -3.96. The van der Waals surface area contributed by atoms with Gasteiger partial charge in [-0.3, -0.25) is 14.4 Å².